The predicted molar refractivity (Wildman–Crippen MR) is 192 cm³/mol. The molecule has 0 saturated heterocycles. The fourth-order valence-corrected chi connectivity index (χ4v) is 7.07. The lowest BCUT2D eigenvalue weighted by atomic mass is 10.1. The molecule has 2 amide bonds. The Bertz CT molecular complexity index is 2420. The van der Waals surface area contributed by atoms with E-state index in [1.54, 1.807) is 61.4 Å². The first-order valence-electron chi connectivity index (χ1n) is 16.6. The molecule has 4 heterocycles. The average molecular weight is 790 g/mol. The number of amides is 2. The van der Waals surface area contributed by atoms with Crippen LogP contribution in [0.15, 0.2) is 94.6 Å². The minimum absolute atomic E-state index is 0.0153. The topological polar surface area (TPSA) is 140 Å². The highest BCUT2D eigenvalue weighted by Crippen LogP contribution is 2.36. The van der Waals surface area contributed by atoms with Gasteiger partial charge in [-0.2, -0.15) is 18.3 Å². The van der Waals surface area contributed by atoms with Gasteiger partial charge in [0, 0.05) is 52.5 Å². The largest absolute Gasteiger partial charge is 0.417 e. The van der Waals surface area contributed by atoms with Crippen LogP contribution in [0.25, 0.3) is 28.0 Å². The minimum atomic E-state index is -4.70. The molecule has 0 fully saturated rings. The first-order valence-corrected chi connectivity index (χ1v) is 17.4. The molecule has 0 saturated carbocycles. The smallest absolute Gasteiger partial charge is 0.391 e. The van der Waals surface area contributed by atoms with Gasteiger partial charge in [-0.05, 0) is 61.9 Å². The van der Waals surface area contributed by atoms with Crippen LogP contribution in [0.1, 0.15) is 51.5 Å². The number of rotatable bonds is 8. The Morgan fingerprint density at radius 2 is 1.81 bits per heavy atom. The first kappa shape index (κ1) is 35.8. The SMILES string of the molecule is C[C@H](O)Cn1ncc2cc(-n3c(C(=O)NCc4ccccc4-c4ncccn4)c4n(c3=O)C[C@@H](C)N(C(=O)c3ccc(Br)c(C(F)(F)F)c3)C4)ccc21. The second-order valence-corrected chi connectivity index (χ2v) is 13.7. The molecule has 16 heteroatoms. The Balaban J connectivity index is 1.30. The van der Waals surface area contributed by atoms with Crippen LogP contribution in [-0.2, 0) is 32.4 Å². The van der Waals surface area contributed by atoms with Gasteiger partial charge in [0.05, 0.1) is 47.9 Å². The molecular formula is C37H32BrF3N8O4. The number of nitrogens with zero attached hydrogens (tertiary/aromatic N) is 7. The van der Waals surface area contributed by atoms with Crippen LogP contribution in [0.4, 0.5) is 13.2 Å². The number of imidazole rings is 1. The first-order chi connectivity index (χ1) is 25.3. The number of alkyl halides is 3. The Labute approximate surface area is 308 Å². The predicted octanol–water partition coefficient (Wildman–Crippen LogP) is 5.58. The maximum absolute atomic E-state index is 14.4. The quantitative estimate of drug-likeness (QED) is 0.205. The number of hydrogen-bond donors (Lipinski definition) is 2. The number of fused-ring (bicyclic) bond motifs is 2. The number of aliphatic hydroxyl groups is 1. The minimum Gasteiger partial charge on any atom is -0.391 e. The Kier molecular flexibility index (Phi) is 9.50. The third-order valence-electron chi connectivity index (χ3n) is 9.12. The molecule has 7 rings (SSSR count). The van der Waals surface area contributed by atoms with Gasteiger partial charge in [-0.15, -0.1) is 0 Å². The van der Waals surface area contributed by atoms with Crippen LogP contribution >= 0.6 is 15.9 Å². The van der Waals surface area contributed by atoms with E-state index in [0.717, 1.165) is 6.07 Å². The molecule has 12 nitrogen and oxygen atoms in total. The second-order valence-electron chi connectivity index (χ2n) is 12.8. The van der Waals surface area contributed by atoms with Crippen LogP contribution in [0, 0.1) is 0 Å². The Morgan fingerprint density at radius 1 is 1.06 bits per heavy atom. The van der Waals surface area contributed by atoms with Crippen LogP contribution in [0.2, 0.25) is 0 Å². The number of benzene rings is 3. The Hall–Kier alpha value is -5.61. The van der Waals surface area contributed by atoms with Gasteiger partial charge < -0.3 is 15.3 Å². The van der Waals surface area contributed by atoms with Gasteiger partial charge in [0.2, 0.25) is 0 Å². The van der Waals surface area contributed by atoms with Gasteiger partial charge in [0.15, 0.2) is 5.82 Å². The van der Waals surface area contributed by atoms with Crippen LogP contribution in [0.5, 0.6) is 0 Å². The summed E-state index contributed by atoms with van der Waals surface area (Å²) < 4.78 is 45.4. The number of hydrogen-bond acceptors (Lipinski definition) is 7. The molecule has 3 aromatic carbocycles. The van der Waals surface area contributed by atoms with Crippen molar-refractivity contribution < 1.29 is 27.9 Å². The molecule has 3 aromatic heterocycles. The summed E-state index contributed by atoms with van der Waals surface area (Å²) in [5.74, 6) is -0.837. The molecule has 0 radical (unpaired) electrons. The van der Waals surface area contributed by atoms with Gasteiger partial charge in [-0.1, -0.05) is 40.2 Å². The highest BCUT2D eigenvalue weighted by molar-refractivity contribution is 9.10. The molecular weight excluding hydrogens is 757 g/mol. The van der Waals surface area contributed by atoms with E-state index in [1.807, 2.05) is 24.3 Å². The molecule has 2 atom stereocenters. The zero-order chi connectivity index (χ0) is 37.6. The van der Waals surface area contributed by atoms with E-state index in [2.05, 4.69) is 36.3 Å². The number of nitrogens with one attached hydrogen (secondary N) is 1. The van der Waals surface area contributed by atoms with E-state index in [1.165, 1.54) is 26.2 Å². The molecule has 0 unspecified atom stereocenters. The van der Waals surface area contributed by atoms with E-state index in [0.29, 0.717) is 33.5 Å². The van der Waals surface area contributed by atoms with Crippen molar-refractivity contribution in [1.29, 1.82) is 0 Å². The fourth-order valence-electron chi connectivity index (χ4n) is 6.60. The average Bonchev–Trinajstić information content (AvgIpc) is 3.66. The molecule has 1 aliphatic heterocycles. The molecule has 0 spiro atoms. The lowest BCUT2D eigenvalue weighted by molar-refractivity contribution is -0.138. The highest BCUT2D eigenvalue weighted by atomic mass is 79.9. The molecule has 0 aliphatic carbocycles. The van der Waals surface area contributed by atoms with Gasteiger partial charge in [0.25, 0.3) is 11.8 Å². The van der Waals surface area contributed by atoms with E-state index in [-0.39, 0.29) is 47.6 Å². The van der Waals surface area contributed by atoms with Gasteiger partial charge >= 0.3 is 11.9 Å². The highest BCUT2D eigenvalue weighted by Gasteiger charge is 2.37. The van der Waals surface area contributed by atoms with Crippen molar-refractivity contribution in [2.45, 2.75) is 58.3 Å². The summed E-state index contributed by atoms with van der Waals surface area (Å²) in [6.45, 7) is 3.37. The summed E-state index contributed by atoms with van der Waals surface area (Å²) in [7, 11) is 0. The summed E-state index contributed by atoms with van der Waals surface area (Å²) in [6.07, 6.45) is -0.537. The zero-order valence-corrected chi connectivity index (χ0v) is 30.0. The van der Waals surface area contributed by atoms with E-state index >= 15 is 0 Å². The van der Waals surface area contributed by atoms with E-state index in [4.69, 9.17) is 0 Å². The van der Waals surface area contributed by atoms with Crippen molar-refractivity contribution >= 4 is 38.6 Å². The van der Waals surface area contributed by atoms with Crippen LogP contribution in [-0.4, -0.2) is 62.8 Å². The molecule has 6 aromatic rings. The maximum Gasteiger partial charge on any atom is 0.417 e. The van der Waals surface area contributed by atoms with Gasteiger partial charge in [0.1, 0.15) is 5.69 Å². The summed E-state index contributed by atoms with van der Waals surface area (Å²) in [4.78, 5) is 52.5. The van der Waals surface area contributed by atoms with Crippen molar-refractivity contribution in [3.05, 3.63) is 128 Å². The number of aromatic nitrogens is 6. The summed E-state index contributed by atoms with van der Waals surface area (Å²) in [5.41, 5.74) is 0.948. The number of halogens is 4. The van der Waals surface area contributed by atoms with Crippen LogP contribution in [0.3, 0.4) is 0 Å². The summed E-state index contributed by atoms with van der Waals surface area (Å²) >= 11 is 2.93. The van der Waals surface area contributed by atoms with Crippen molar-refractivity contribution in [3.63, 3.8) is 0 Å². The monoisotopic (exact) mass is 788 g/mol. The third-order valence-corrected chi connectivity index (χ3v) is 9.81. The number of carbonyl (C=O) groups is 2. The number of carbonyl (C=O) groups excluding carboxylic acids is 2. The van der Waals surface area contributed by atoms with Crippen molar-refractivity contribution in [2.24, 2.45) is 0 Å². The summed E-state index contributed by atoms with van der Waals surface area (Å²) in [5, 5.41) is 17.9. The zero-order valence-electron chi connectivity index (χ0n) is 28.4. The lowest BCUT2D eigenvalue weighted by Gasteiger charge is -2.34. The standard InChI is InChI=1S/C37H32BrF3N8O4/c1-21-18-47-31(20-46(21)35(52)23-8-10-29(38)28(15-23)37(39,40)41)32(34(51)44-16-24-6-3-4-7-27(24)33-42-12-5-13-43-33)49(36(47)53)26-9-11-30-25(14-26)17-45-48(30)19-22(2)50/h3-15,17,21-22,50H,16,18-20H2,1-2H3,(H,44,51)/t21-,22+/m1/s1. The molecule has 1 aliphatic rings. The maximum atomic E-state index is 14.4. The third kappa shape index (κ3) is 6.87. The lowest BCUT2D eigenvalue weighted by Crippen LogP contribution is -2.47. The normalized spacial score (nSPS) is 15.0. The van der Waals surface area contributed by atoms with Crippen molar-refractivity contribution in [3.8, 4) is 17.1 Å². The second kappa shape index (κ2) is 14.1. The van der Waals surface area contributed by atoms with E-state index in [9.17, 15) is 32.7 Å². The fraction of sp³-hybridized carbons (Fsp3) is 0.243. The molecule has 0 bridgehead atoms. The molecule has 53 heavy (non-hydrogen) atoms. The van der Waals surface area contributed by atoms with Gasteiger partial charge in [-0.3, -0.25) is 23.4 Å². The van der Waals surface area contributed by atoms with Crippen molar-refractivity contribution in [2.75, 3.05) is 0 Å². The summed E-state index contributed by atoms with van der Waals surface area (Å²) in [6, 6.07) is 16.8. The van der Waals surface area contributed by atoms with Crippen LogP contribution < -0.4 is 11.0 Å². The number of aliphatic hydroxyl groups excluding tert-OH is 1. The Morgan fingerprint density at radius 3 is 2.55 bits per heavy atom. The van der Waals surface area contributed by atoms with Crippen molar-refractivity contribution in [1.82, 2.24) is 39.1 Å². The molecule has 2 N–H and O–H groups in total. The van der Waals surface area contributed by atoms with Gasteiger partial charge in [-0.25, -0.2) is 14.8 Å². The molecule has 272 valence electrons. The van der Waals surface area contributed by atoms with E-state index < -0.39 is 41.4 Å².